The van der Waals surface area contributed by atoms with Gasteiger partial charge in [0.05, 0.1) is 12.3 Å². The summed E-state index contributed by atoms with van der Waals surface area (Å²) in [5.41, 5.74) is 1.67. The molecule has 0 aliphatic heterocycles. The average Bonchev–Trinajstić information content (AvgIpc) is 3.31. The number of fused-ring (bicyclic) bond motifs is 1. The molecule has 0 radical (unpaired) electrons. The first-order chi connectivity index (χ1) is 12.8. The molecular weight excluding hydrogens is 336 g/mol. The molecule has 130 valence electrons. The Labute approximate surface area is 146 Å². The van der Waals surface area contributed by atoms with E-state index in [1.807, 2.05) is 37.3 Å². The number of hydrogen-bond donors (Lipinski definition) is 2. The normalized spacial score (nSPS) is 11.4. The molecule has 1 aromatic carbocycles. The molecule has 3 aromatic heterocycles. The molecule has 4 rings (SSSR count). The van der Waals surface area contributed by atoms with Crippen LogP contribution in [0.4, 0.5) is 11.6 Å². The van der Waals surface area contributed by atoms with Crippen LogP contribution >= 0.6 is 0 Å². The number of ether oxygens (including phenoxy) is 1. The second kappa shape index (κ2) is 6.59. The highest BCUT2D eigenvalue weighted by Gasteiger charge is 2.17. The van der Waals surface area contributed by atoms with Crippen molar-refractivity contribution in [1.29, 1.82) is 0 Å². The molecule has 0 aliphatic rings. The number of H-pyrrole nitrogens is 2. The van der Waals surface area contributed by atoms with E-state index in [0.29, 0.717) is 17.9 Å². The number of nitrogens with one attached hydrogen (secondary N) is 2. The predicted molar refractivity (Wildman–Crippen MR) is 93.0 cm³/mol. The van der Waals surface area contributed by atoms with Crippen molar-refractivity contribution >= 4 is 17.3 Å². The number of benzene rings is 1. The third-order valence-electron chi connectivity index (χ3n) is 3.56. The fourth-order valence-electron chi connectivity index (χ4n) is 2.45. The smallest absolute Gasteiger partial charge is 0.283 e. The SMILES string of the molecule is CCOc1c(/N=N/c2nnc[nH]2)c(=O)[nH]c2cc(-c3ccccc3)nn12. The number of azo groups is 1. The molecule has 0 saturated carbocycles. The van der Waals surface area contributed by atoms with Gasteiger partial charge in [0.1, 0.15) is 12.0 Å². The molecule has 2 N–H and O–H groups in total. The van der Waals surface area contributed by atoms with Crippen molar-refractivity contribution in [3.8, 4) is 17.1 Å². The topological polar surface area (TPSA) is 126 Å². The minimum atomic E-state index is -0.441. The van der Waals surface area contributed by atoms with Crippen LogP contribution < -0.4 is 10.3 Å². The zero-order valence-corrected chi connectivity index (χ0v) is 13.7. The molecule has 10 nitrogen and oxygen atoms in total. The summed E-state index contributed by atoms with van der Waals surface area (Å²) in [4.78, 5) is 17.9. The van der Waals surface area contributed by atoms with Crippen molar-refractivity contribution < 1.29 is 4.74 Å². The van der Waals surface area contributed by atoms with Crippen LogP contribution in [-0.2, 0) is 0 Å². The van der Waals surface area contributed by atoms with Crippen molar-refractivity contribution in [2.24, 2.45) is 10.2 Å². The van der Waals surface area contributed by atoms with Gasteiger partial charge in [0.15, 0.2) is 0 Å². The zero-order chi connectivity index (χ0) is 17.9. The van der Waals surface area contributed by atoms with Gasteiger partial charge in [-0.3, -0.25) is 4.79 Å². The zero-order valence-electron chi connectivity index (χ0n) is 13.7. The lowest BCUT2D eigenvalue weighted by Gasteiger charge is -2.07. The lowest BCUT2D eigenvalue weighted by molar-refractivity contribution is 0.318. The third kappa shape index (κ3) is 2.83. The summed E-state index contributed by atoms with van der Waals surface area (Å²) in [6.07, 6.45) is 1.37. The van der Waals surface area contributed by atoms with Crippen molar-refractivity contribution in [3.63, 3.8) is 0 Å². The van der Waals surface area contributed by atoms with E-state index in [0.717, 1.165) is 5.56 Å². The maximum absolute atomic E-state index is 12.5. The van der Waals surface area contributed by atoms with Crippen LogP contribution in [0.5, 0.6) is 5.88 Å². The van der Waals surface area contributed by atoms with Crippen molar-refractivity contribution in [2.75, 3.05) is 6.61 Å². The summed E-state index contributed by atoms with van der Waals surface area (Å²) in [6.45, 7) is 2.15. The highest BCUT2D eigenvalue weighted by atomic mass is 16.5. The van der Waals surface area contributed by atoms with Gasteiger partial charge < -0.3 is 14.7 Å². The molecule has 0 bridgehead atoms. The number of aromatic amines is 2. The first-order valence-electron chi connectivity index (χ1n) is 7.88. The number of nitrogens with zero attached hydrogens (tertiary/aromatic N) is 6. The Kier molecular flexibility index (Phi) is 3.98. The summed E-state index contributed by atoms with van der Waals surface area (Å²) in [7, 11) is 0. The molecule has 0 atom stereocenters. The third-order valence-corrected chi connectivity index (χ3v) is 3.56. The maximum Gasteiger partial charge on any atom is 0.283 e. The Morgan fingerprint density at radius 3 is 2.81 bits per heavy atom. The molecule has 26 heavy (non-hydrogen) atoms. The van der Waals surface area contributed by atoms with Gasteiger partial charge in [-0.15, -0.1) is 20.4 Å². The van der Waals surface area contributed by atoms with Crippen LogP contribution in [0.1, 0.15) is 6.92 Å². The molecule has 4 aromatic rings. The standard InChI is InChI=1S/C16H14N8O2/c1-2-26-15-13(20-22-16-17-9-18-21-16)14(25)19-12-8-11(23-24(12)15)10-6-4-3-5-7-10/h3-9H,2H2,1H3,(H,19,25)(H,17,18,21)/b22-20+. The molecule has 0 saturated heterocycles. The van der Waals surface area contributed by atoms with Crippen molar-refractivity contribution in [2.45, 2.75) is 6.92 Å². The maximum atomic E-state index is 12.5. The Morgan fingerprint density at radius 1 is 1.23 bits per heavy atom. The molecule has 3 heterocycles. The average molecular weight is 350 g/mol. The first-order valence-corrected chi connectivity index (χ1v) is 7.88. The largest absolute Gasteiger partial charge is 0.476 e. The minimum absolute atomic E-state index is 0.00142. The van der Waals surface area contributed by atoms with Crippen LogP contribution in [0.25, 0.3) is 16.9 Å². The first kappa shape index (κ1) is 15.7. The Hall–Kier alpha value is -3.82. The fourth-order valence-corrected chi connectivity index (χ4v) is 2.45. The van der Waals surface area contributed by atoms with Gasteiger partial charge in [-0.1, -0.05) is 30.3 Å². The van der Waals surface area contributed by atoms with E-state index in [4.69, 9.17) is 4.74 Å². The highest BCUT2D eigenvalue weighted by Crippen LogP contribution is 2.27. The minimum Gasteiger partial charge on any atom is -0.476 e. The van der Waals surface area contributed by atoms with E-state index in [1.54, 1.807) is 6.07 Å². The van der Waals surface area contributed by atoms with E-state index in [2.05, 4.69) is 35.5 Å². The molecule has 0 spiro atoms. The van der Waals surface area contributed by atoms with Crippen molar-refractivity contribution in [1.82, 2.24) is 29.8 Å². The quantitative estimate of drug-likeness (QED) is 0.535. The fraction of sp³-hybridized carbons (Fsp3) is 0.125. The van der Waals surface area contributed by atoms with E-state index >= 15 is 0 Å². The predicted octanol–water partition coefficient (Wildman–Crippen LogP) is 2.62. The van der Waals surface area contributed by atoms with Crippen LogP contribution in [-0.4, -0.2) is 36.4 Å². The lowest BCUT2D eigenvalue weighted by atomic mass is 10.2. The number of rotatable bonds is 5. The van der Waals surface area contributed by atoms with Crippen molar-refractivity contribution in [3.05, 3.63) is 53.1 Å². The lowest BCUT2D eigenvalue weighted by Crippen LogP contribution is -2.12. The number of hydrogen-bond acceptors (Lipinski definition) is 7. The molecule has 10 heteroatoms. The molecule has 0 unspecified atom stereocenters. The van der Waals surface area contributed by atoms with Gasteiger partial charge >= 0.3 is 0 Å². The van der Waals surface area contributed by atoms with E-state index in [1.165, 1.54) is 10.8 Å². The molecular formula is C16H14N8O2. The Bertz CT molecular complexity index is 1110. The summed E-state index contributed by atoms with van der Waals surface area (Å²) in [5, 5.41) is 19.7. The molecule has 0 aliphatic carbocycles. The summed E-state index contributed by atoms with van der Waals surface area (Å²) in [6, 6.07) is 11.4. The summed E-state index contributed by atoms with van der Waals surface area (Å²) >= 11 is 0. The monoisotopic (exact) mass is 350 g/mol. The van der Waals surface area contributed by atoms with Gasteiger partial charge in [0.2, 0.25) is 5.69 Å². The summed E-state index contributed by atoms with van der Waals surface area (Å²) < 4.78 is 7.13. The van der Waals surface area contributed by atoms with E-state index in [9.17, 15) is 4.79 Å². The van der Waals surface area contributed by atoms with Gasteiger partial charge in [0.25, 0.3) is 17.4 Å². The van der Waals surface area contributed by atoms with Gasteiger partial charge in [-0.05, 0) is 6.92 Å². The number of aromatic nitrogens is 6. The van der Waals surface area contributed by atoms with Crippen LogP contribution in [0.2, 0.25) is 0 Å². The molecule has 0 fully saturated rings. The van der Waals surface area contributed by atoms with Crippen LogP contribution in [0.3, 0.4) is 0 Å². The van der Waals surface area contributed by atoms with E-state index < -0.39 is 5.56 Å². The summed E-state index contributed by atoms with van der Waals surface area (Å²) in [5.74, 6) is 0.383. The Morgan fingerprint density at radius 2 is 2.08 bits per heavy atom. The van der Waals surface area contributed by atoms with Gasteiger partial charge in [0, 0.05) is 11.6 Å². The van der Waals surface area contributed by atoms with Gasteiger partial charge in [-0.2, -0.15) is 9.61 Å². The van der Waals surface area contributed by atoms with Crippen LogP contribution in [0, 0.1) is 0 Å². The van der Waals surface area contributed by atoms with Crippen LogP contribution in [0.15, 0.2) is 57.7 Å². The second-order valence-electron chi connectivity index (χ2n) is 5.25. The Balaban J connectivity index is 1.88. The van der Waals surface area contributed by atoms with E-state index in [-0.39, 0.29) is 17.5 Å². The second-order valence-corrected chi connectivity index (χ2v) is 5.25. The highest BCUT2D eigenvalue weighted by molar-refractivity contribution is 5.65. The molecule has 0 amide bonds. The van der Waals surface area contributed by atoms with Gasteiger partial charge in [-0.25, -0.2) is 0 Å².